The van der Waals surface area contributed by atoms with Crippen LogP contribution in [0, 0.1) is 0 Å². The molecule has 0 saturated heterocycles. The number of hydrogen-bond acceptors (Lipinski definition) is 4. The molecule has 0 fully saturated rings. The van der Waals surface area contributed by atoms with Crippen molar-refractivity contribution in [2.45, 2.75) is 45.6 Å². The van der Waals surface area contributed by atoms with Crippen LogP contribution in [0.5, 0.6) is 0 Å². The number of rotatable bonds is 14. The van der Waals surface area contributed by atoms with Gasteiger partial charge in [-0.25, -0.2) is 4.79 Å². The highest BCUT2D eigenvalue weighted by Gasteiger charge is 2.19. The van der Waals surface area contributed by atoms with Gasteiger partial charge in [-0.05, 0) is 13.3 Å². The number of aliphatic carboxylic acids is 1. The van der Waals surface area contributed by atoms with E-state index in [1.807, 2.05) is 6.92 Å². The molecule has 0 heterocycles. The normalized spacial score (nSPS) is 12.3. The second-order valence-electron chi connectivity index (χ2n) is 4.52. The van der Waals surface area contributed by atoms with Gasteiger partial charge in [0.05, 0.1) is 25.4 Å². The molecule has 0 radical (unpaired) electrons. The van der Waals surface area contributed by atoms with Crippen molar-refractivity contribution in [3.05, 3.63) is 12.2 Å². The average molecular weight is 288 g/mol. The molecular weight excluding hydrogens is 260 g/mol. The summed E-state index contributed by atoms with van der Waals surface area (Å²) < 4.78 is 16.1. The summed E-state index contributed by atoms with van der Waals surface area (Å²) in [5, 5.41) is 8.96. The molecule has 5 nitrogen and oxygen atoms in total. The van der Waals surface area contributed by atoms with E-state index in [0.717, 1.165) is 12.8 Å². The molecule has 0 aliphatic heterocycles. The molecule has 1 atom stereocenters. The maximum Gasteiger partial charge on any atom is 0.333 e. The molecular formula is C15H28O5. The topological polar surface area (TPSA) is 65.0 Å². The van der Waals surface area contributed by atoms with Gasteiger partial charge in [0.1, 0.15) is 6.10 Å². The van der Waals surface area contributed by atoms with E-state index in [-0.39, 0.29) is 12.2 Å². The Labute approximate surface area is 121 Å². The first kappa shape index (κ1) is 19.1. The fourth-order valence-corrected chi connectivity index (χ4v) is 1.60. The van der Waals surface area contributed by atoms with Gasteiger partial charge in [-0.3, -0.25) is 0 Å². The molecule has 0 aliphatic carbocycles. The van der Waals surface area contributed by atoms with Crippen LogP contribution in [-0.2, 0) is 19.0 Å². The van der Waals surface area contributed by atoms with E-state index in [1.165, 1.54) is 12.8 Å². The van der Waals surface area contributed by atoms with Crippen molar-refractivity contribution in [1.82, 2.24) is 0 Å². The summed E-state index contributed by atoms with van der Waals surface area (Å²) in [7, 11) is 0. The highest BCUT2D eigenvalue weighted by Crippen LogP contribution is 2.07. The molecule has 20 heavy (non-hydrogen) atoms. The molecule has 0 bridgehead atoms. The van der Waals surface area contributed by atoms with E-state index in [0.29, 0.717) is 26.4 Å². The van der Waals surface area contributed by atoms with Crippen LogP contribution in [0.1, 0.15) is 39.5 Å². The van der Waals surface area contributed by atoms with Crippen LogP contribution in [0.4, 0.5) is 0 Å². The molecule has 0 spiro atoms. The van der Waals surface area contributed by atoms with Gasteiger partial charge < -0.3 is 19.3 Å². The van der Waals surface area contributed by atoms with Crippen LogP contribution in [0.25, 0.3) is 0 Å². The van der Waals surface area contributed by atoms with Crippen molar-refractivity contribution in [2.75, 3.05) is 33.0 Å². The third-order valence-corrected chi connectivity index (χ3v) is 2.83. The van der Waals surface area contributed by atoms with Gasteiger partial charge in [-0.1, -0.05) is 32.8 Å². The second-order valence-corrected chi connectivity index (χ2v) is 4.52. The third-order valence-electron chi connectivity index (χ3n) is 2.83. The number of unbranched alkanes of at least 4 members (excludes halogenated alkanes) is 3. The van der Waals surface area contributed by atoms with Crippen molar-refractivity contribution in [3.63, 3.8) is 0 Å². The number of ether oxygens (including phenoxy) is 3. The van der Waals surface area contributed by atoms with E-state index in [2.05, 4.69) is 13.5 Å². The lowest BCUT2D eigenvalue weighted by Crippen LogP contribution is -2.27. The summed E-state index contributed by atoms with van der Waals surface area (Å²) in [5.41, 5.74) is 0.0232. The zero-order chi connectivity index (χ0) is 15.2. The van der Waals surface area contributed by atoms with Crippen LogP contribution in [-0.4, -0.2) is 50.2 Å². The Bertz CT molecular complexity index is 265. The van der Waals surface area contributed by atoms with E-state index in [9.17, 15) is 4.79 Å². The molecule has 0 rings (SSSR count). The molecule has 0 aliphatic rings. The Hall–Kier alpha value is -0.910. The summed E-state index contributed by atoms with van der Waals surface area (Å²) in [6.45, 7) is 9.82. The van der Waals surface area contributed by atoms with E-state index in [4.69, 9.17) is 19.3 Å². The molecule has 1 unspecified atom stereocenters. The predicted molar refractivity (Wildman–Crippen MR) is 78.0 cm³/mol. The first-order chi connectivity index (χ1) is 9.63. The first-order valence-electron chi connectivity index (χ1n) is 7.32. The Morgan fingerprint density at radius 3 is 2.45 bits per heavy atom. The van der Waals surface area contributed by atoms with Crippen molar-refractivity contribution in [1.29, 1.82) is 0 Å². The number of carboxylic acid groups (broad SMARTS) is 1. The minimum Gasteiger partial charge on any atom is -0.478 e. The molecule has 0 aromatic rings. The highest BCUT2D eigenvalue weighted by molar-refractivity contribution is 5.86. The van der Waals surface area contributed by atoms with Gasteiger partial charge in [0, 0.05) is 13.2 Å². The Morgan fingerprint density at radius 1 is 1.10 bits per heavy atom. The van der Waals surface area contributed by atoms with Crippen molar-refractivity contribution < 1.29 is 24.1 Å². The summed E-state index contributed by atoms with van der Waals surface area (Å²) >= 11 is 0. The Kier molecular flexibility index (Phi) is 12.5. The zero-order valence-corrected chi connectivity index (χ0v) is 12.7. The minimum absolute atomic E-state index is 0.0232. The first-order valence-corrected chi connectivity index (χ1v) is 7.32. The van der Waals surface area contributed by atoms with Crippen LogP contribution >= 0.6 is 0 Å². The van der Waals surface area contributed by atoms with Crippen molar-refractivity contribution in [3.8, 4) is 0 Å². The van der Waals surface area contributed by atoms with E-state index < -0.39 is 12.1 Å². The monoisotopic (exact) mass is 288 g/mol. The zero-order valence-electron chi connectivity index (χ0n) is 12.7. The van der Waals surface area contributed by atoms with Crippen LogP contribution in [0.2, 0.25) is 0 Å². The number of carbonyl (C=O) groups is 1. The Morgan fingerprint density at radius 2 is 1.85 bits per heavy atom. The molecule has 5 heteroatoms. The second kappa shape index (κ2) is 13.1. The standard InChI is InChI=1S/C15H28O5/c1-4-6-7-8-9-19-12-14(13(3)15(16)17)20-11-10-18-5-2/h14H,3-12H2,1-2H3,(H,16,17). The van der Waals surface area contributed by atoms with Crippen molar-refractivity contribution >= 4 is 5.97 Å². The summed E-state index contributed by atoms with van der Waals surface area (Å²) in [4.78, 5) is 10.9. The van der Waals surface area contributed by atoms with Crippen LogP contribution < -0.4 is 0 Å². The van der Waals surface area contributed by atoms with Crippen LogP contribution in [0.3, 0.4) is 0 Å². The largest absolute Gasteiger partial charge is 0.478 e. The maximum atomic E-state index is 10.9. The Balaban J connectivity index is 3.93. The quantitative estimate of drug-likeness (QED) is 0.393. The molecule has 0 aromatic heterocycles. The predicted octanol–water partition coefficient (Wildman–Crippen LogP) is 2.65. The van der Waals surface area contributed by atoms with Crippen molar-refractivity contribution in [2.24, 2.45) is 0 Å². The fraction of sp³-hybridized carbons (Fsp3) is 0.800. The lowest BCUT2D eigenvalue weighted by Gasteiger charge is -2.18. The van der Waals surface area contributed by atoms with E-state index >= 15 is 0 Å². The molecule has 118 valence electrons. The SMILES string of the molecule is C=C(C(=O)O)C(COCCCCCC)OCCOCC. The number of hydrogen-bond donors (Lipinski definition) is 1. The van der Waals surface area contributed by atoms with Crippen LogP contribution in [0.15, 0.2) is 12.2 Å². The van der Waals surface area contributed by atoms with Gasteiger partial charge >= 0.3 is 5.97 Å². The number of carboxylic acids is 1. The van der Waals surface area contributed by atoms with Gasteiger partial charge in [0.25, 0.3) is 0 Å². The lowest BCUT2D eigenvalue weighted by atomic mass is 10.2. The lowest BCUT2D eigenvalue weighted by molar-refractivity contribution is -0.135. The molecule has 0 amide bonds. The van der Waals surface area contributed by atoms with Gasteiger partial charge in [-0.2, -0.15) is 0 Å². The summed E-state index contributed by atoms with van der Waals surface area (Å²) in [5.74, 6) is -1.05. The molecule has 0 saturated carbocycles. The third kappa shape index (κ3) is 9.95. The average Bonchev–Trinajstić information content (AvgIpc) is 2.44. The summed E-state index contributed by atoms with van der Waals surface area (Å²) in [6.07, 6.45) is 3.88. The van der Waals surface area contributed by atoms with E-state index in [1.54, 1.807) is 0 Å². The fourth-order valence-electron chi connectivity index (χ4n) is 1.60. The minimum atomic E-state index is -1.05. The molecule has 1 N–H and O–H groups in total. The van der Waals surface area contributed by atoms with Gasteiger partial charge in [0.15, 0.2) is 0 Å². The maximum absolute atomic E-state index is 10.9. The smallest absolute Gasteiger partial charge is 0.333 e. The van der Waals surface area contributed by atoms with Gasteiger partial charge in [0.2, 0.25) is 0 Å². The molecule has 0 aromatic carbocycles. The highest BCUT2D eigenvalue weighted by atomic mass is 16.6. The summed E-state index contributed by atoms with van der Waals surface area (Å²) in [6, 6.07) is 0. The van der Waals surface area contributed by atoms with Gasteiger partial charge in [-0.15, -0.1) is 0 Å².